The van der Waals surface area contributed by atoms with E-state index in [0.717, 1.165) is 24.4 Å². The molecule has 3 heterocycles. The lowest BCUT2D eigenvalue weighted by Crippen LogP contribution is -2.43. The fourth-order valence-corrected chi connectivity index (χ4v) is 2.35. The number of carbonyl (C=O) groups excluding carboxylic acids is 1. The first-order valence-corrected chi connectivity index (χ1v) is 6.32. The number of rotatable bonds is 3. The van der Waals surface area contributed by atoms with Crippen LogP contribution in [0.2, 0.25) is 0 Å². The second-order valence-electron chi connectivity index (χ2n) is 4.83. The number of nitrogens with zero attached hydrogens (tertiary/aromatic N) is 1. The summed E-state index contributed by atoms with van der Waals surface area (Å²) in [6.07, 6.45) is 3.24. The number of aromatic nitrogens is 2. The van der Waals surface area contributed by atoms with Crippen molar-refractivity contribution in [1.82, 2.24) is 15.3 Å². The fraction of sp³-hybridized carbons (Fsp3) is 0.667. The van der Waals surface area contributed by atoms with E-state index in [0.29, 0.717) is 32.1 Å². The SMILES string of the molecule is O=C(OCC1CCOC1)C1Cc2nc[nH]c2CN1. The van der Waals surface area contributed by atoms with Crippen LogP contribution in [0.15, 0.2) is 6.33 Å². The summed E-state index contributed by atoms with van der Waals surface area (Å²) in [5.74, 6) is 0.175. The number of hydrogen-bond donors (Lipinski definition) is 2. The Morgan fingerprint density at radius 1 is 1.61 bits per heavy atom. The first-order valence-electron chi connectivity index (χ1n) is 6.32. The summed E-state index contributed by atoms with van der Waals surface area (Å²) in [5.41, 5.74) is 2.02. The second kappa shape index (κ2) is 5.07. The lowest BCUT2D eigenvalue weighted by molar-refractivity contribution is -0.147. The predicted octanol–water partition coefficient (Wildman–Crippen LogP) is 0.00370. The fourth-order valence-electron chi connectivity index (χ4n) is 2.35. The van der Waals surface area contributed by atoms with Gasteiger partial charge in [0.15, 0.2) is 0 Å². The summed E-state index contributed by atoms with van der Waals surface area (Å²) in [5, 5.41) is 3.16. The number of H-pyrrole nitrogens is 1. The van der Waals surface area contributed by atoms with Crippen molar-refractivity contribution in [3.05, 3.63) is 17.7 Å². The smallest absolute Gasteiger partial charge is 0.323 e. The van der Waals surface area contributed by atoms with Gasteiger partial charge in [-0.3, -0.25) is 10.1 Å². The van der Waals surface area contributed by atoms with E-state index in [4.69, 9.17) is 9.47 Å². The maximum absolute atomic E-state index is 11.9. The average Bonchev–Trinajstić information content (AvgIpc) is 3.05. The van der Waals surface area contributed by atoms with Gasteiger partial charge in [-0.2, -0.15) is 0 Å². The van der Waals surface area contributed by atoms with Gasteiger partial charge in [0.25, 0.3) is 0 Å². The van der Waals surface area contributed by atoms with Crippen LogP contribution in [-0.2, 0) is 27.2 Å². The molecule has 3 rings (SSSR count). The molecule has 0 spiro atoms. The van der Waals surface area contributed by atoms with Crippen LogP contribution >= 0.6 is 0 Å². The molecule has 2 aliphatic heterocycles. The van der Waals surface area contributed by atoms with Crippen molar-refractivity contribution >= 4 is 5.97 Å². The van der Waals surface area contributed by atoms with Gasteiger partial charge in [-0.1, -0.05) is 0 Å². The maximum Gasteiger partial charge on any atom is 0.323 e. The molecule has 2 unspecified atom stereocenters. The van der Waals surface area contributed by atoms with Crippen molar-refractivity contribution < 1.29 is 14.3 Å². The molecule has 0 bridgehead atoms. The van der Waals surface area contributed by atoms with Gasteiger partial charge in [-0.25, -0.2) is 4.98 Å². The number of imidazole rings is 1. The minimum atomic E-state index is -0.275. The van der Waals surface area contributed by atoms with E-state index in [2.05, 4.69) is 15.3 Å². The first kappa shape index (κ1) is 11.7. The highest BCUT2D eigenvalue weighted by atomic mass is 16.5. The maximum atomic E-state index is 11.9. The number of ether oxygens (including phenoxy) is 2. The zero-order chi connectivity index (χ0) is 12.4. The molecule has 0 saturated carbocycles. The van der Waals surface area contributed by atoms with Crippen molar-refractivity contribution in [3.63, 3.8) is 0 Å². The molecule has 1 aromatic rings. The summed E-state index contributed by atoms with van der Waals surface area (Å²) < 4.78 is 10.6. The van der Waals surface area contributed by atoms with Crippen LogP contribution < -0.4 is 5.32 Å². The average molecular weight is 251 g/mol. The Morgan fingerprint density at radius 3 is 3.39 bits per heavy atom. The molecule has 0 radical (unpaired) electrons. The van der Waals surface area contributed by atoms with Gasteiger partial charge >= 0.3 is 5.97 Å². The quantitative estimate of drug-likeness (QED) is 0.740. The van der Waals surface area contributed by atoms with E-state index >= 15 is 0 Å². The Hall–Kier alpha value is -1.40. The molecular weight excluding hydrogens is 234 g/mol. The molecule has 6 heteroatoms. The van der Waals surface area contributed by atoms with E-state index < -0.39 is 0 Å². The number of carbonyl (C=O) groups is 1. The molecule has 1 saturated heterocycles. The topological polar surface area (TPSA) is 76.2 Å². The van der Waals surface area contributed by atoms with Gasteiger partial charge in [-0.15, -0.1) is 0 Å². The Balaban J connectivity index is 1.51. The van der Waals surface area contributed by atoms with Crippen LogP contribution in [0.3, 0.4) is 0 Å². The number of hydrogen-bond acceptors (Lipinski definition) is 5. The Labute approximate surface area is 105 Å². The number of aromatic amines is 1. The molecular formula is C12H17N3O3. The van der Waals surface area contributed by atoms with Gasteiger partial charge in [0, 0.05) is 25.5 Å². The number of fused-ring (bicyclic) bond motifs is 1. The zero-order valence-electron chi connectivity index (χ0n) is 10.1. The normalized spacial score (nSPS) is 26.9. The standard InChI is InChI=1S/C12H17N3O3/c16-12(18-6-8-1-2-17-5-8)10-3-9-11(4-13-10)15-7-14-9/h7-8,10,13H,1-6H2,(H,14,15). The van der Waals surface area contributed by atoms with E-state index in [-0.39, 0.29) is 12.0 Å². The van der Waals surface area contributed by atoms with Gasteiger partial charge in [0.05, 0.1) is 30.9 Å². The summed E-state index contributed by atoms with van der Waals surface area (Å²) >= 11 is 0. The van der Waals surface area contributed by atoms with Crippen LogP contribution in [0.25, 0.3) is 0 Å². The summed E-state index contributed by atoms with van der Waals surface area (Å²) in [4.78, 5) is 19.2. The van der Waals surface area contributed by atoms with Gasteiger partial charge < -0.3 is 14.5 Å². The molecule has 2 N–H and O–H groups in total. The van der Waals surface area contributed by atoms with E-state index in [9.17, 15) is 4.79 Å². The first-order chi connectivity index (χ1) is 8.83. The highest BCUT2D eigenvalue weighted by molar-refractivity contribution is 5.76. The third kappa shape index (κ3) is 2.39. The zero-order valence-corrected chi connectivity index (χ0v) is 10.1. The van der Waals surface area contributed by atoms with Gasteiger partial charge in [0.2, 0.25) is 0 Å². The third-order valence-corrected chi connectivity index (χ3v) is 3.50. The Kier molecular flexibility index (Phi) is 3.29. The summed E-state index contributed by atoms with van der Waals surface area (Å²) in [6.45, 7) is 2.58. The largest absolute Gasteiger partial charge is 0.464 e. The monoisotopic (exact) mass is 251 g/mol. The van der Waals surface area contributed by atoms with Crippen LogP contribution in [-0.4, -0.2) is 41.8 Å². The van der Waals surface area contributed by atoms with E-state index in [1.54, 1.807) is 6.33 Å². The van der Waals surface area contributed by atoms with Crippen molar-refractivity contribution in [3.8, 4) is 0 Å². The van der Waals surface area contributed by atoms with Crippen LogP contribution in [0.5, 0.6) is 0 Å². The molecule has 2 aliphatic rings. The Bertz CT molecular complexity index is 426. The lowest BCUT2D eigenvalue weighted by Gasteiger charge is -2.22. The minimum absolute atomic E-state index is 0.185. The number of esters is 1. The molecule has 0 aromatic carbocycles. The molecule has 6 nitrogen and oxygen atoms in total. The molecule has 0 amide bonds. The highest BCUT2D eigenvalue weighted by Gasteiger charge is 2.28. The molecule has 0 aliphatic carbocycles. The highest BCUT2D eigenvalue weighted by Crippen LogP contribution is 2.15. The summed E-state index contributed by atoms with van der Waals surface area (Å²) in [7, 11) is 0. The van der Waals surface area contributed by atoms with Crippen molar-refractivity contribution in [2.75, 3.05) is 19.8 Å². The van der Waals surface area contributed by atoms with E-state index in [1.807, 2.05) is 0 Å². The van der Waals surface area contributed by atoms with Crippen molar-refractivity contribution in [1.29, 1.82) is 0 Å². The third-order valence-electron chi connectivity index (χ3n) is 3.50. The molecule has 98 valence electrons. The van der Waals surface area contributed by atoms with Crippen LogP contribution in [0.1, 0.15) is 17.8 Å². The van der Waals surface area contributed by atoms with Crippen LogP contribution in [0, 0.1) is 5.92 Å². The van der Waals surface area contributed by atoms with Crippen LogP contribution in [0.4, 0.5) is 0 Å². The Morgan fingerprint density at radius 2 is 2.56 bits per heavy atom. The minimum Gasteiger partial charge on any atom is -0.464 e. The molecule has 1 fully saturated rings. The number of nitrogens with one attached hydrogen (secondary N) is 2. The van der Waals surface area contributed by atoms with Gasteiger partial charge in [0.1, 0.15) is 6.04 Å². The van der Waals surface area contributed by atoms with Crippen molar-refractivity contribution in [2.45, 2.75) is 25.4 Å². The molecule has 1 aromatic heterocycles. The van der Waals surface area contributed by atoms with Gasteiger partial charge in [-0.05, 0) is 6.42 Å². The second-order valence-corrected chi connectivity index (χ2v) is 4.83. The summed E-state index contributed by atoms with van der Waals surface area (Å²) in [6, 6.07) is -0.275. The predicted molar refractivity (Wildman–Crippen MR) is 62.8 cm³/mol. The van der Waals surface area contributed by atoms with Crippen molar-refractivity contribution in [2.24, 2.45) is 5.92 Å². The molecule has 18 heavy (non-hydrogen) atoms. The lowest BCUT2D eigenvalue weighted by atomic mass is 10.1. The molecule has 2 atom stereocenters. The van der Waals surface area contributed by atoms with E-state index in [1.165, 1.54) is 0 Å².